The van der Waals surface area contributed by atoms with Gasteiger partial charge in [0.15, 0.2) is 0 Å². The molecule has 0 N–H and O–H groups in total. The Bertz CT molecular complexity index is 897. The fourth-order valence-electron chi connectivity index (χ4n) is 2.70. The summed E-state index contributed by atoms with van der Waals surface area (Å²) < 4.78 is 50.8. The number of ether oxygens (including phenoxy) is 1. The van der Waals surface area contributed by atoms with Gasteiger partial charge in [-0.25, -0.2) is 4.79 Å². The topological polar surface area (TPSA) is 39.4 Å². The first kappa shape index (κ1) is 17.8. The summed E-state index contributed by atoms with van der Waals surface area (Å²) in [5.74, 6) is -2.44. The smallest absolute Gasteiger partial charge is 0.450 e. The third-order valence-corrected chi connectivity index (χ3v) is 3.74. The molecule has 134 valence electrons. The molecule has 0 aliphatic rings. The maximum absolute atomic E-state index is 13.6. The van der Waals surface area contributed by atoms with Crippen LogP contribution in [0.5, 0.6) is 0 Å². The van der Waals surface area contributed by atoms with E-state index in [9.17, 15) is 18.0 Å². The molecule has 0 atom stereocenters. The Kier molecular flexibility index (Phi) is 4.84. The molecule has 0 radical (unpaired) electrons. The van der Waals surface area contributed by atoms with E-state index >= 15 is 0 Å². The van der Waals surface area contributed by atoms with E-state index in [0.29, 0.717) is 11.1 Å². The van der Waals surface area contributed by atoms with E-state index in [1.54, 1.807) is 60.7 Å². The van der Waals surface area contributed by atoms with E-state index < -0.39 is 23.5 Å². The van der Waals surface area contributed by atoms with Crippen molar-refractivity contribution in [3.8, 4) is 22.5 Å². The summed E-state index contributed by atoms with van der Waals surface area (Å²) >= 11 is 0. The summed E-state index contributed by atoms with van der Waals surface area (Å²) in [6.45, 7) is 1.49. The van der Waals surface area contributed by atoms with Gasteiger partial charge in [-0.05, 0) is 12.5 Å². The van der Waals surface area contributed by atoms with Crippen LogP contribution in [0.25, 0.3) is 22.5 Å². The van der Waals surface area contributed by atoms with E-state index in [2.05, 4.69) is 0 Å². The average molecular weight is 360 g/mol. The zero-order valence-electron chi connectivity index (χ0n) is 13.8. The van der Waals surface area contributed by atoms with Crippen molar-refractivity contribution in [2.45, 2.75) is 13.1 Å². The zero-order chi connectivity index (χ0) is 18.7. The van der Waals surface area contributed by atoms with Crippen molar-refractivity contribution in [3.63, 3.8) is 0 Å². The van der Waals surface area contributed by atoms with E-state index in [4.69, 9.17) is 9.15 Å². The van der Waals surface area contributed by atoms with Gasteiger partial charge in [-0.2, -0.15) is 13.2 Å². The molecule has 0 saturated heterocycles. The molecular weight excluding hydrogens is 345 g/mol. The number of hydrogen-bond acceptors (Lipinski definition) is 3. The van der Waals surface area contributed by atoms with Crippen molar-refractivity contribution in [1.82, 2.24) is 0 Å². The highest BCUT2D eigenvalue weighted by Crippen LogP contribution is 2.45. The zero-order valence-corrected chi connectivity index (χ0v) is 13.8. The fourth-order valence-corrected chi connectivity index (χ4v) is 2.70. The standard InChI is InChI=1S/C20H15F3O3/c1-2-25-19(24)16-15(13-9-5-3-6-10-13)17(14-11-7-4-8-12-14)26-18(16)20(21,22)23/h3-12H,2H2,1H3. The number of furan rings is 1. The van der Waals surface area contributed by atoms with Gasteiger partial charge in [0.05, 0.1) is 6.61 Å². The average Bonchev–Trinajstić information content (AvgIpc) is 3.04. The number of rotatable bonds is 4. The number of esters is 1. The summed E-state index contributed by atoms with van der Waals surface area (Å²) in [4.78, 5) is 12.4. The van der Waals surface area contributed by atoms with Gasteiger partial charge in [-0.15, -0.1) is 0 Å². The van der Waals surface area contributed by atoms with Crippen LogP contribution in [0.3, 0.4) is 0 Å². The summed E-state index contributed by atoms with van der Waals surface area (Å²) in [6, 6.07) is 16.7. The summed E-state index contributed by atoms with van der Waals surface area (Å²) in [5.41, 5.74) is 0.341. The molecule has 0 fully saturated rings. The van der Waals surface area contributed by atoms with Crippen LogP contribution >= 0.6 is 0 Å². The predicted octanol–water partition coefficient (Wildman–Crippen LogP) is 5.81. The van der Waals surface area contributed by atoms with E-state index in [1.165, 1.54) is 6.92 Å². The van der Waals surface area contributed by atoms with Gasteiger partial charge in [0.25, 0.3) is 0 Å². The van der Waals surface area contributed by atoms with Crippen molar-refractivity contribution in [2.75, 3.05) is 6.61 Å². The van der Waals surface area contributed by atoms with Crippen LogP contribution in [-0.4, -0.2) is 12.6 Å². The lowest BCUT2D eigenvalue weighted by Crippen LogP contribution is -2.13. The van der Waals surface area contributed by atoms with Gasteiger partial charge in [0.1, 0.15) is 11.3 Å². The monoisotopic (exact) mass is 360 g/mol. The minimum atomic E-state index is -4.83. The van der Waals surface area contributed by atoms with Crippen LogP contribution in [0.4, 0.5) is 13.2 Å². The maximum atomic E-state index is 13.6. The Morgan fingerprint density at radius 3 is 2.00 bits per heavy atom. The number of benzene rings is 2. The lowest BCUT2D eigenvalue weighted by Gasteiger charge is -2.08. The highest BCUT2D eigenvalue weighted by atomic mass is 19.4. The molecule has 0 aliphatic heterocycles. The predicted molar refractivity (Wildman–Crippen MR) is 90.5 cm³/mol. The second-order valence-electron chi connectivity index (χ2n) is 5.46. The van der Waals surface area contributed by atoms with Gasteiger partial charge in [-0.1, -0.05) is 60.7 Å². The van der Waals surface area contributed by atoms with Gasteiger partial charge in [-0.3, -0.25) is 0 Å². The number of alkyl halides is 3. The second kappa shape index (κ2) is 7.07. The SMILES string of the molecule is CCOC(=O)c1c(C(F)(F)F)oc(-c2ccccc2)c1-c1ccccc1. The Morgan fingerprint density at radius 1 is 0.962 bits per heavy atom. The van der Waals surface area contributed by atoms with Crippen LogP contribution in [0.2, 0.25) is 0 Å². The van der Waals surface area contributed by atoms with Crippen molar-refractivity contribution in [2.24, 2.45) is 0 Å². The number of carbonyl (C=O) groups is 1. The molecule has 3 nitrogen and oxygen atoms in total. The van der Waals surface area contributed by atoms with E-state index in [-0.39, 0.29) is 17.9 Å². The molecule has 0 saturated carbocycles. The molecule has 0 spiro atoms. The van der Waals surface area contributed by atoms with Crippen molar-refractivity contribution in [3.05, 3.63) is 72.0 Å². The normalized spacial score (nSPS) is 11.4. The molecule has 3 aromatic rings. The van der Waals surface area contributed by atoms with Gasteiger partial charge in [0, 0.05) is 11.1 Å². The summed E-state index contributed by atoms with van der Waals surface area (Å²) in [7, 11) is 0. The van der Waals surface area contributed by atoms with Crippen LogP contribution in [-0.2, 0) is 10.9 Å². The van der Waals surface area contributed by atoms with Gasteiger partial charge in [0.2, 0.25) is 5.76 Å². The summed E-state index contributed by atoms with van der Waals surface area (Å²) in [5, 5.41) is 0. The molecule has 0 bridgehead atoms. The Balaban J connectivity index is 2.36. The van der Waals surface area contributed by atoms with Crippen molar-refractivity contribution >= 4 is 5.97 Å². The molecule has 1 aromatic heterocycles. The number of carbonyl (C=O) groups excluding carboxylic acids is 1. The largest absolute Gasteiger partial charge is 0.462 e. The fraction of sp³-hybridized carbons (Fsp3) is 0.150. The van der Waals surface area contributed by atoms with Crippen LogP contribution in [0, 0.1) is 0 Å². The minimum absolute atomic E-state index is 0.0211. The Morgan fingerprint density at radius 2 is 1.50 bits per heavy atom. The number of hydrogen-bond donors (Lipinski definition) is 0. The molecule has 26 heavy (non-hydrogen) atoms. The third kappa shape index (κ3) is 3.35. The Labute approximate surface area is 148 Å². The van der Waals surface area contributed by atoms with Crippen LogP contribution in [0.1, 0.15) is 23.0 Å². The minimum Gasteiger partial charge on any atom is -0.462 e. The molecule has 0 unspecified atom stereocenters. The van der Waals surface area contributed by atoms with E-state index in [0.717, 1.165) is 0 Å². The molecule has 1 heterocycles. The van der Waals surface area contributed by atoms with Gasteiger partial charge >= 0.3 is 12.1 Å². The highest BCUT2D eigenvalue weighted by Gasteiger charge is 2.43. The van der Waals surface area contributed by atoms with Crippen LogP contribution in [0.15, 0.2) is 65.1 Å². The van der Waals surface area contributed by atoms with Crippen LogP contribution < -0.4 is 0 Å². The molecular formula is C20H15F3O3. The molecule has 3 rings (SSSR count). The third-order valence-electron chi connectivity index (χ3n) is 3.74. The highest BCUT2D eigenvalue weighted by molar-refractivity contribution is 6.02. The number of halogens is 3. The second-order valence-corrected chi connectivity index (χ2v) is 5.46. The van der Waals surface area contributed by atoms with E-state index in [1.807, 2.05) is 0 Å². The lowest BCUT2D eigenvalue weighted by atomic mass is 9.97. The quantitative estimate of drug-likeness (QED) is 0.551. The molecule has 2 aromatic carbocycles. The first-order valence-electron chi connectivity index (χ1n) is 7.95. The molecule has 0 aliphatic carbocycles. The molecule has 6 heteroatoms. The first-order chi connectivity index (χ1) is 12.4. The van der Waals surface area contributed by atoms with Crippen molar-refractivity contribution < 1.29 is 27.1 Å². The lowest BCUT2D eigenvalue weighted by molar-refractivity contribution is -0.153. The maximum Gasteiger partial charge on any atom is 0.450 e. The van der Waals surface area contributed by atoms with Crippen molar-refractivity contribution in [1.29, 1.82) is 0 Å². The van der Waals surface area contributed by atoms with Gasteiger partial charge < -0.3 is 9.15 Å². The molecule has 0 amide bonds. The summed E-state index contributed by atoms with van der Waals surface area (Å²) in [6.07, 6.45) is -4.83. The Hall–Kier alpha value is -3.02. The first-order valence-corrected chi connectivity index (χ1v) is 7.95.